The van der Waals surface area contributed by atoms with E-state index in [1.165, 1.54) is 49.4 Å². The molecule has 1 spiro atoms. The number of pyridine rings is 1. The lowest BCUT2D eigenvalue weighted by Gasteiger charge is -2.44. The number of piperidine rings is 1. The van der Waals surface area contributed by atoms with Crippen molar-refractivity contribution in [2.75, 3.05) is 20.1 Å². The maximum Gasteiger partial charge on any atom is 0.109 e. The van der Waals surface area contributed by atoms with Gasteiger partial charge in [0.2, 0.25) is 0 Å². The van der Waals surface area contributed by atoms with Gasteiger partial charge in [0.1, 0.15) is 5.82 Å². The van der Waals surface area contributed by atoms with Crippen LogP contribution in [0.2, 0.25) is 0 Å². The van der Waals surface area contributed by atoms with Gasteiger partial charge in [-0.3, -0.25) is 4.98 Å². The summed E-state index contributed by atoms with van der Waals surface area (Å²) in [5.41, 5.74) is 2.97. The first kappa shape index (κ1) is 13.0. The smallest absolute Gasteiger partial charge is 0.109 e. The number of fused-ring (bicyclic) bond motifs is 1. The number of imidazole rings is 1. The van der Waals surface area contributed by atoms with Crippen molar-refractivity contribution in [3.63, 3.8) is 0 Å². The summed E-state index contributed by atoms with van der Waals surface area (Å²) in [6.07, 6.45) is 10.8. The Balaban J connectivity index is 1.67. The van der Waals surface area contributed by atoms with Crippen LogP contribution in [0.25, 0.3) is 11.3 Å². The molecule has 0 aliphatic carbocycles. The van der Waals surface area contributed by atoms with Crippen molar-refractivity contribution in [1.82, 2.24) is 19.4 Å². The highest BCUT2D eigenvalue weighted by Crippen LogP contribution is 2.42. The molecule has 4 heterocycles. The highest BCUT2D eigenvalue weighted by Gasteiger charge is 2.38. The summed E-state index contributed by atoms with van der Waals surface area (Å²) in [6, 6.07) is 4.17. The monoisotopic (exact) mass is 282 g/mol. The lowest BCUT2D eigenvalue weighted by Crippen LogP contribution is -2.43. The molecule has 0 amide bonds. The topological polar surface area (TPSA) is 34.0 Å². The molecule has 21 heavy (non-hydrogen) atoms. The van der Waals surface area contributed by atoms with Gasteiger partial charge in [0.15, 0.2) is 0 Å². The molecule has 0 atom stereocenters. The largest absolute Gasteiger partial charge is 0.327 e. The predicted molar refractivity (Wildman–Crippen MR) is 82.9 cm³/mol. The summed E-state index contributed by atoms with van der Waals surface area (Å²) in [5, 5.41) is 0. The molecule has 0 saturated carbocycles. The van der Waals surface area contributed by atoms with Gasteiger partial charge in [-0.2, -0.15) is 0 Å². The van der Waals surface area contributed by atoms with E-state index < -0.39 is 0 Å². The van der Waals surface area contributed by atoms with E-state index >= 15 is 0 Å². The second-order valence-electron chi connectivity index (χ2n) is 6.68. The Labute approximate surface area is 125 Å². The fourth-order valence-electron chi connectivity index (χ4n) is 3.84. The Morgan fingerprint density at radius 1 is 1.10 bits per heavy atom. The third-order valence-electron chi connectivity index (χ3n) is 5.33. The van der Waals surface area contributed by atoms with Crippen molar-refractivity contribution >= 4 is 0 Å². The van der Waals surface area contributed by atoms with E-state index in [1.807, 2.05) is 18.6 Å². The maximum absolute atomic E-state index is 4.66. The lowest BCUT2D eigenvalue weighted by atomic mass is 9.73. The van der Waals surface area contributed by atoms with E-state index in [-0.39, 0.29) is 0 Å². The fraction of sp³-hybridized carbons (Fsp3) is 0.529. The molecule has 0 N–H and O–H groups in total. The summed E-state index contributed by atoms with van der Waals surface area (Å²) in [5.74, 6) is 1.26. The zero-order valence-corrected chi connectivity index (χ0v) is 12.6. The molecule has 1 saturated heterocycles. The van der Waals surface area contributed by atoms with Crippen molar-refractivity contribution in [3.05, 3.63) is 36.5 Å². The van der Waals surface area contributed by atoms with Crippen LogP contribution in [-0.2, 0) is 13.0 Å². The van der Waals surface area contributed by atoms with Crippen LogP contribution in [0.15, 0.2) is 30.7 Å². The van der Waals surface area contributed by atoms with E-state index in [2.05, 4.69) is 38.6 Å². The van der Waals surface area contributed by atoms with Crippen LogP contribution < -0.4 is 0 Å². The van der Waals surface area contributed by atoms with Gasteiger partial charge in [0.25, 0.3) is 0 Å². The first-order valence-corrected chi connectivity index (χ1v) is 7.89. The summed E-state index contributed by atoms with van der Waals surface area (Å²) in [4.78, 5) is 11.2. The van der Waals surface area contributed by atoms with Crippen molar-refractivity contribution in [2.45, 2.75) is 32.2 Å². The second-order valence-corrected chi connectivity index (χ2v) is 6.68. The Hall–Kier alpha value is -1.68. The van der Waals surface area contributed by atoms with E-state index in [4.69, 9.17) is 0 Å². The lowest BCUT2D eigenvalue weighted by molar-refractivity contribution is 0.0809. The highest BCUT2D eigenvalue weighted by molar-refractivity contribution is 5.58. The second kappa shape index (κ2) is 4.95. The number of aryl methyl sites for hydroxylation is 1. The van der Waals surface area contributed by atoms with Crippen LogP contribution in [0.3, 0.4) is 0 Å². The first-order valence-electron chi connectivity index (χ1n) is 7.89. The summed E-state index contributed by atoms with van der Waals surface area (Å²) in [7, 11) is 2.24. The van der Waals surface area contributed by atoms with Crippen molar-refractivity contribution in [3.8, 4) is 11.3 Å². The normalized spacial score (nSPS) is 21.4. The van der Waals surface area contributed by atoms with Gasteiger partial charge < -0.3 is 9.47 Å². The molecule has 4 rings (SSSR count). The first-order chi connectivity index (χ1) is 10.3. The molecule has 2 aliphatic heterocycles. The molecule has 0 bridgehead atoms. The van der Waals surface area contributed by atoms with Crippen molar-refractivity contribution in [1.29, 1.82) is 0 Å². The Kier molecular flexibility index (Phi) is 3.07. The van der Waals surface area contributed by atoms with Gasteiger partial charge in [-0.1, -0.05) is 0 Å². The maximum atomic E-state index is 4.66. The van der Waals surface area contributed by atoms with Gasteiger partial charge >= 0.3 is 0 Å². The molecule has 2 aromatic rings. The summed E-state index contributed by atoms with van der Waals surface area (Å²) in [6.45, 7) is 3.59. The number of likely N-dealkylation sites (tertiary alicyclic amines) is 1. The zero-order valence-electron chi connectivity index (χ0n) is 12.6. The third-order valence-corrected chi connectivity index (χ3v) is 5.33. The van der Waals surface area contributed by atoms with E-state index in [0.29, 0.717) is 5.41 Å². The number of rotatable bonds is 1. The van der Waals surface area contributed by atoms with Gasteiger partial charge in [-0.05, 0) is 56.9 Å². The average Bonchev–Trinajstić information content (AvgIpc) is 2.94. The Morgan fingerprint density at radius 2 is 1.86 bits per heavy atom. The number of hydrogen-bond donors (Lipinski definition) is 0. The summed E-state index contributed by atoms with van der Waals surface area (Å²) >= 11 is 0. The molecule has 110 valence electrons. The van der Waals surface area contributed by atoms with E-state index in [9.17, 15) is 0 Å². The molecular formula is C17H22N4. The minimum absolute atomic E-state index is 0.488. The number of hydrogen-bond acceptors (Lipinski definition) is 3. The quantitative estimate of drug-likeness (QED) is 0.806. The van der Waals surface area contributed by atoms with Gasteiger partial charge in [0.05, 0.1) is 11.9 Å². The van der Waals surface area contributed by atoms with Crippen molar-refractivity contribution in [2.24, 2.45) is 5.41 Å². The van der Waals surface area contributed by atoms with Gasteiger partial charge in [0, 0.05) is 30.9 Å². The fourth-order valence-corrected chi connectivity index (χ4v) is 3.84. The summed E-state index contributed by atoms with van der Waals surface area (Å²) < 4.78 is 2.46. The van der Waals surface area contributed by atoms with Crippen LogP contribution >= 0.6 is 0 Å². The molecule has 0 aromatic carbocycles. The molecule has 2 aromatic heterocycles. The zero-order chi connectivity index (χ0) is 14.3. The standard InChI is InChI=1S/C17H22N4/c1-20-10-6-17(7-11-20)5-2-16-19-12-15(21(16)13-17)14-3-8-18-9-4-14/h3-4,8-9,12H,2,5-7,10-11,13H2,1H3. The van der Waals surface area contributed by atoms with E-state index in [1.54, 1.807) is 0 Å². The minimum Gasteiger partial charge on any atom is -0.327 e. The van der Waals surface area contributed by atoms with Crippen LogP contribution in [0.5, 0.6) is 0 Å². The minimum atomic E-state index is 0.488. The molecule has 4 heteroatoms. The highest BCUT2D eigenvalue weighted by atomic mass is 15.1. The van der Waals surface area contributed by atoms with Crippen LogP contribution in [0.4, 0.5) is 0 Å². The Morgan fingerprint density at radius 3 is 2.62 bits per heavy atom. The van der Waals surface area contributed by atoms with Crippen LogP contribution in [0, 0.1) is 5.41 Å². The number of aromatic nitrogens is 3. The SMILES string of the molecule is CN1CCC2(CCc3ncc(-c4ccncc4)n3C2)CC1. The predicted octanol–water partition coefficient (Wildman–Crippen LogP) is 2.60. The molecule has 0 unspecified atom stereocenters. The Bertz CT molecular complexity index is 623. The van der Waals surface area contributed by atoms with E-state index in [0.717, 1.165) is 13.0 Å². The van der Waals surface area contributed by atoms with Crippen LogP contribution in [0.1, 0.15) is 25.1 Å². The molecule has 4 nitrogen and oxygen atoms in total. The van der Waals surface area contributed by atoms with Crippen molar-refractivity contribution < 1.29 is 0 Å². The molecule has 2 aliphatic rings. The molecular weight excluding hydrogens is 260 g/mol. The van der Waals surface area contributed by atoms with Crippen LogP contribution in [-0.4, -0.2) is 39.6 Å². The molecule has 1 fully saturated rings. The van der Waals surface area contributed by atoms with Gasteiger partial charge in [-0.15, -0.1) is 0 Å². The third kappa shape index (κ3) is 2.27. The number of nitrogens with zero attached hydrogens (tertiary/aromatic N) is 4. The average molecular weight is 282 g/mol. The van der Waals surface area contributed by atoms with Gasteiger partial charge in [-0.25, -0.2) is 4.98 Å². The molecule has 0 radical (unpaired) electrons.